The third-order valence-corrected chi connectivity index (χ3v) is 11.4. The van der Waals surface area contributed by atoms with Crippen LogP contribution in [0.1, 0.15) is 56.4 Å². The molecule has 9 heteroatoms. The molecule has 2 aliphatic carbocycles. The van der Waals surface area contributed by atoms with Crippen LogP contribution in [0.25, 0.3) is 0 Å². The number of fused-ring (bicyclic) bond motifs is 2. The molecule has 0 amide bonds. The Morgan fingerprint density at radius 1 is 1.06 bits per heavy atom. The number of unbranched alkanes of at least 4 members (excludes halogenated alkanes) is 2. The summed E-state index contributed by atoms with van der Waals surface area (Å²) in [5.74, 6) is 1.12. The number of aliphatic hydroxyl groups excluding tert-OH is 2. The Balaban J connectivity index is 1.50. The number of benzene rings is 2. The highest BCUT2D eigenvalue weighted by Crippen LogP contribution is 2.63. The van der Waals surface area contributed by atoms with E-state index < -0.39 is 5.79 Å². The maximum Gasteiger partial charge on any atom is 0.231 e. The molecule has 0 bridgehead atoms. The van der Waals surface area contributed by atoms with Crippen molar-refractivity contribution in [2.45, 2.75) is 66.8 Å². The number of rotatable bonds is 18. The van der Waals surface area contributed by atoms with E-state index in [2.05, 4.69) is 59.1 Å². The summed E-state index contributed by atoms with van der Waals surface area (Å²) in [5.41, 5.74) is 3.22. The van der Waals surface area contributed by atoms with E-state index >= 15 is 0 Å². The van der Waals surface area contributed by atoms with E-state index in [9.17, 15) is 10.2 Å². The van der Waals surface area contributed by atoms with Gasteiger partial charge >= 0.3 is 0 Å². The van der Waals surface area contributed by atoms with Gasteiger partial charge in [-0.25, -0.2) is 0 Å². The molecule has 2 aliphatic heterocycles. The van der Waals surface area contributed by atoms with Gasteiger partial charge in [-0.3, -0.25) is 4.90 Å². The molecule has 2 aromatic rings. The van der Waals surface area contributed by atoms with Crippen LogP contribution in [0.3, 0.4) is 0 Å². The number of aliphatic hydroxyl groups is 2. The lowest BCUT2D eigenvalue weighted by Crippen LogP contribution is -2.64. The van der Waals surface area contributed by atoms with E-state index in [0.29, 0.717) is 19.6 Å². The van der Waals surface area contributed by atoms with Crippen LogP contribution >= 0.6 is 11.8 Å². The molecule has 1 saturated carbocycles. The molecular weight excluding hydrogens is 612 g/mol. The Morgan fingerprint density at radius 3 is 2.57 bits per heavy atom. The molecule has 4 aliphatic rings. The summed E-state index contributed by atoms with van der Waals surface area (Å²) in [6, 6.07) is 16.7. The minimum absolute atomic E-state index is 0.0540. The van der Waals surface area contributed by atoms with Crippen LogP contribution in [0.4, 0.5) is 0 Å². The third kappa shape index (κ3) is 7.60. The normalized spacial score (nSPS) is 28.5. The molecule has 8 nitrogen and oxygen atoms in total. The first kappa shape index (κ1) is 34.1. The topological polar surface area (TPSA) is 92.8 Å². The number of hydrogen-bond donors (Lipinski definition) is 2. The van der Waals surface area contributed by atoms with E-state index in [0.717, 1.165) is 91.4 Å². The minimum atomic E-state index is -0.988. The number of oxime groups is 1. The maximum atomic E-state index is 9.78. The lowest BCUT2D eigenvalue weighted by atomic mass is 9.56. The fourth-order valence-electron chi connectivity index (χ4n) is 7.87. The van der Waals surface area contributed by atoms with Crippen LogP contribution in [0.15, 0.2) is 82.9 Å². The highest BCUT2D eigenvalue weighted by Gasteiger charge is 2.64. The van der Waals surface area contributed by atoms with Crippen LogP contribution in [-0.4, -0.2) is 85.0 Å². The Kier molecular flexibility index (Phi) is 11.6. The van der Waals surface area contributed by atoms with Crippen LogP contribution < -0.4 is 9.47 Å². The molecule has 0 radical (unpaired) electrons. The lowest BCUT2D eigenvalue weighted by Gasteiger charge is -2.58. The summed E-state index contributed by atoms with van der Waals surface area (Å²) in [7, 11) is 1.62. The zero-order valence-electron chi connectivity index (χ0n) is 27.6. The first-order valence-electron chi connectivity index (χ1n) is 17.3. The van der Waals surface area contributed by atoms with Gasteiger partial charge < -0.3 is 29.3 Å². The van der Waals surface area contributed by atoms with Gasteiger partial charge in [0, 0.05) is 55.6 Å². The second-order valence-electron chi connectivity index (χ2n) is 13.0. The van der Waals surface area contributed by atoms with Crippen molar-refractivity contribution < 1.29 is 29.3 Å². The van der Waals surface area contributed by atoms with E-state index in [1.165, 1.54) is 0 Å². The Morgan fingerprint density at radius 2 is 1.85 bits per heavy atom. The van der Waals surface area contributed by atoms with Crippen molar-refractivity contribution in [3.63, 3.8) is 0 Å². The smallest absolute Gasteiger partial charge is 0.231 e. The summed E-state index contributed by atoms with van der Waals surface area (Å²) in [5, 5.41) is 24.0. The fraction of sp³-hybridized carbons (Fsp3) is 0.553. The quantitative estimate of drug-likeness (QED) is 0.0816. The first-order chi connectivity index (χ1) is 23.1. The van der Waals surface area contributed by atoms with Crippen LogP contribution in [0.5, 0.6) is 11.5 Å². The lowest BCUT2D eigenvalue weighted by molar-refractivity contribution is -0.223. The molecule has 6 atom stereocenters. The van der Waals surface area contributed by atoms with Gasteiger partial charge in [0.25, 0.3) is 0 Å². The van der Waals surface area contributed by atoms with Crippen molar-refractivity contribution in [1.29, 1.82) is 0 Å². The number of thioether (sulfide) groups is 1. The molecule has 47 heavy (non-hydrogen) atoms. The molecule has 2 N–H and O–H groups in total. The predicted molar refractivity (Wildman–Crippen MR) is 186 cm³/mol. The van der Waals surface area contributed by atoms with Gasteiger partial charge in [0.05, 0.1) is 23.5 Å². The van der Waals surface area contributed by atoms with E-state index in [1.54, 1.807) is 24.9 Å². The predicted octanol–water partition coefficient (Wildman–Crippen LogP) is 6.44. The summed E-state index contributed by atoms with van der Waals surface area (Å²) < 4.78 is 20.5. The van der Waals surface area contributed by atoms with Gasteiger partial charge in [-0.15, -0.1) is 18.3 Å². The third-order valence-electron chi connectivity index (χ3n) is 10.1. The van der Waals surface area contributed by atoms with Gasteiger partial charge in [0.2, 0.25) is 5.79 Å². The highest BCUT2D eigenvalue weighted by molar-refractivity contribution is 8.00. The largest absolute Gasteiger partial charge is 0.492 e. The average molecular weight is 663 g/mol. The number of ether oxygens (including phenoxy) is 3. The molecule has 0 aromatic heterocycles. The molecule has 2 fully saturated rings. The Hall–Kier alpha value is -2.82. The Labute approximate surface area is 283 Å². The van der Waals surface area contributed by atoms with Gasteiger partial charge in [-0.1, -0.05) is 48.3 Å². The summed E-state index contributed by atoms with van der Waals surface area (Å²) in [6.07, 6.45) is 10.2. The monoisotopic (exact) mass is 662 g/mol. The molecule has 6 rings (SSSR count). The van der Waals surface area contributed by atoms with Crippen molar-refractivity contribution >= 4 is 17.5 Å². The first-order valence-corrected chi connectivity index (χ1v) is 18.2. The second-order valence-corrected chi connectivity index (χ2v) is 14.3. The molecule has 6 unspecified atom stereocenters. The number of hydrogen-bond acceptors (Lipinski definition) is 9. The molecular formula is C38H50N2O6S. The second kappa shape index (κ2) is 16.1. The van der Waals surface area contributed by atoms with E-state index in [1.807, 2.05) is 12.1 Å². The van der Waals surface area contributed by atoms with Gasteiger partial charge in [-0.05, 0) is 73.4 Å². The van der Waals surface area contributed by atoms with Gasteiger partial charge in [0.1, 0.15) is 25.2 Å². The minimum Gasteiger partial charge on any atom is -0.492 e. The molecule has 2 aromatic carbocycles. The molecule has 2 heterocycles. The van der Waals surface area contributed by atoms with E-state index in [4.69, 9.17) is 19.0 Å². The van der Waals surface area contributed by atoms with Crippen molar-refractivity contribution in [3.8, 4) is 11.5 Å². The summed E-state index contributed by atoms with van der Waals surface area (Å²) >= 11 is 1.77. The zero-order chi connectivity index (χ0) is 32.6. The fourth-order valence-corrected chi connectivity index (χ4v) is 9.19. The van der Waals surface area contributed by atoms with Crippen molar-refractivity contribution in [3.05, 3.63) is 78.4 Å². The van der Waals surface area contributed by atoms with Crippen LogP contribution in [0, 0.1) is 17.8 Å². The summed E-state index contributed by atoms with van der Waals surface area (Å²) in [6.45, 7) is 8.60. The zero-order valence-corrected chi connectivity index (χ0v) is 28.4. The van der Waals surface area contributed by atoms with Crippen molar-refractivity contribution in [1.82, 2.24) is 4.90 Å². The Bertz CT molecular complexity index is 1400. The van der Waals surface area contributed by atoms with Crippen molar-refractivity contribution in [2.24, 2.45) is 22.9 Å². The van der Waals surface area contributed by atoms with Gasteiger partial charge in [0.15, 0.2) is 0 Å². The maximum absolute atomic E-state index is 9.78. The van der Waals surface area contributed by atoms with Gasteiger partial charge in [-0.2, -0.15) is 0 Å². The molecule has 0 spiro atoms. The van der Waals surface area contributed by atoms with Crippen LogP contribution in [0.2, 0.25) is 0 Å². The van der Waals surface area contributed by atoms with Crippen molar-refractivity contribution in [2.75, 3.05) is 53.2 Å². The van der Waals surface area contributed by atoms with E-state index in [-0.39, 0.29) is 42.1 Å². The number of nitrogens with zero attached hydrogens (tertiary/aromatic N) is 2. The SMILES string of the molecule is C=CCOC12Oc3ccc(OCCN4CC4)cc3C3C(CCCCO)C(CCCCO)C=C(C(=NOC)CC1Sc1ccccc1)C32. The van der Waals surface area contributed by atoms with Crippen LogP contribution in [-0.2, 0) is 9.57 Å². The average Bonchev–Trinajstić information content (AvgIpc) is 3.92. The molecule has 1 saturated heterocycles. The number of allylic oxidation sites excluding steroid dienone is 1. The highest BCUT2D eigenvalue weighted by atomic mass is 32.2. The standard InChI is InChI=1S/C38H50N2O6S/c1-3-22-45-38-35(47-29-12-5-4-6-13-29)26-33(39-43-2)31-24-27(11-7-9-20-41)30(14-8-10-21-42)36(37(31)38)32-25-28(15-16-34(32)46-38)44-23-19-40-17-18-40/h3-6,12-13,15-16,24-25,27,30,35-37,41-42H,1,7-11,14,17-23,26H2,2H3. The molecule has 254 valence electrons. The summed E-state index contributed by atoms with van der Waals surface area (Å²) in [4.78, 5) is 9.02.